The maximum absolute atomic E-state index is 5.93. The van der Waals surface area contributed by atoms with Crippen molar-refractivity contribution >= 4 is 34.1 Å². The van der Waals surface area contributed by atoms with Gasteiger partial charge in [-0.1, -0.05) is 30.3 Å². The lowest BCUT2D eigenvalue weighted by Crippen LogP contribution is -2.44. The molecule has 1 fully saturated rings. The van der Waals surface area contributed by atoms with Crippen molar-refractivity contribution in [2.75, 3.05) is 35.2 Å². The van der Waals surface area contributed by atoms with E-state index in [4.69, 9.17) is 17.2 Å². The van der Waals surface area contributed by atoms with Gasteiger partial charge >= 0.3 is 0 Å². The van der Waals surface area contributed by atoms with Crippen molar-refractivity contribution in [1.29, 1.82) is 0 Å². The van der Waals surface area contributed by atoms with Gasteiger partial charge in [0.15, 0.2) is 5.13 Å². The summed E-state index contributed by atoms with van der Waals surface area (Å²) in [6, 6.07) is 12.3. The Morgan fingerprint density at radius 3 is 2.31 bits per heavy atom. The third kappa shape index (κ3) is 2.92. The van der Waals surface area contributed by atoms with E-state index in [1.807, 2.05) is 6.07 Å². The highest BCUT2D eigenvalue weighted by atomic mass is 32.1. The molecule has 0 aliphatic carbocycles. The summed E-state index contributed by atoms with van der Waals surface area (Å²) in [4.78, 5) is 15.1. The van der Waals surface area contributed by atoms with Gasteiger partial charge in [-0.05, 0) is 18.4 Å². The fourth-order valence-electron chi connectivity index (χ4n) is 3.71. The molecule has 0 spiro atoms. The number of anilines is 4. The average molecular weight is 367 g/mol. The zero-order valence-electron chi connectivity index (χ0n) is 14.3. The van der Waals surface area contributed by atoms with Crippen molar-refractivity contribution in [3.8, 4) is 0 Å². The van der Waals surface area contributed by atoms with Crippen molar-refractivity contribution in [3.63, 3.8) is 0 Å². The van der Waals surface area contributed by atoms with Gasteiger partial charge in [-0.3, -0.25) is 0 Å². The van der Waals surface area contributed by atoms with E-state index in [-0.39, 0.29) is 11.4 Å². The van der Waals surface area contributed by atoms with Crippen LogP contribution in [0, 0.1) is 0 Å². The summed E-state index contributed by atoms with van der Waals surface area (Å²) in [5, 5.41) is 2.69. The molecule has 6 N–H and O–H groups in total. The minimum atomic E-state index is -0.143. The third-order valence-electron chi connectivity index (χ3n) is 5.03. The van der Waals surface area contributed by atoms with E-state index in [0.29, 0.717) is 10.9 Å². The Balaban J connectivity index is 1.66. The van der Waals surface area contributed by atoms with Gasteiger partial charge < -0.3 is 22.1 Å². The van der Waals surface area contributed by atoms with E-state index in [2.05, 4.69) is 49.5 Å². The Hall–Kier alpha value is -2.87. The summed E-state index contributed by atoms with van der Waals surface area (Å²) in [6.45, 7) is 1.64. The van der Waals surface area contributed by atoms with Gasteiger partial charge in [-0.15, -0.1) is 11.3 Å². The minimum absolute atomic E-state index is 0.143. The highest BCUT2D eigenvalue weighted by Crippen LogP contribution is 2.43. The SMILES string of the molecule is Nc1cc(N2CCC(c3ccccc3)(c3csc(N)n3)CC2)nc(N)n1. The Bertz CT molecular complexity index is 881. The Morgan fingerprint density at radius 2 is 1.69 bits per heavy atom. The molecule has 0 saturated carbocycles. The highest BCUT2D eigenvalue weighted by molar-refractivity contribution is 7.13. The van der Waals surface area contributed by atoms with Crippen LogP contribution in [0.5, 0.6) is 0 Å². The zero-order valence-corrected chi connectivity index (χ0v) is 15.1. The molecule has 0 amide bonds. The first-order valence-electron chi connectivity index (χ1n) is 8.49. The molecule has 0 radical (unpaired) electrons. The highest BCUT2D eigenvalue weighted by Gasteiger charge is 2.40. The Kier molecular flexibility index (Phi) is 4.12. The fraction of sp³-hybridized carbons (Fsp3) is 0.278. The lowest BCUT2D eigenvalue weighted by atomic mass is 9.70. The Labute approximate surface area is 155 Å². The summed E-state index contributed by atoms with van der Waals surface area (Å²) in [5.74, 6) is 1.36. The van der Waals surface area contributed by atoms with Crippen LogP contribution in [-0.2, 0) is 5.41 Å². The summed E-state index contributed by atoms with van der Waals surface area (Å²) in [6.07, 6.45) is 1.81. The first-order chi connectivity index (χ1) is 12.6. The van der Waals surface area contributed by atoms with Gasteiger partial charge in [0.05, 0.1) is 5.69 Å². The molecule has 7 nitrogen and oxygen atoms in total. The van der Waals surface area contributed by atoms with Gasteiger partial charge in [0.25, 0.3) is 0 Å². The van der Waals surface area contributed by atoms with Crippen molar-refractivity contribution in [2.45, 2.75) is 18.3 Å². The number of nitrogens with zero attached hydrogens (tertiary/aromatic N) is 4. The molecule has 1 aliphatic rings. The number of nitrogen functional groups attached to an aromatic ring is 3. The topological polar surface area (TPSA) is 120 Å². The fourth-order valence-corrected chi connectivity index (χ4v) is 4.37. The summed E-state index contributed by atoms with van der Waals surface area (Å²) < 4.78 is 0. The number of piperidine rings is 1. The predicted octanol–water partition coefficient (Wildman–Crippen LogP) is 2.27. The van der Waals surface area contributed by atoms with Gasteiger partial charge in [0, 0.05) is 30.0 Å². The predicted molar refractivity (Wildman–Crippen MR) is 106 cm³/mol. The molecule has 0 atom stereocenters. The lowest BCUT2D eigenvalue weighted by molar-refractivity contribution is 0.384. The second-order valence-corrected chi connectivity index (χ2v) is 7.41. The molecule has 3 aromatic rings. The van der Waals surface area contributed by atoms with Crippen molar-refractivity contribution < 1.29 is 0 Å². The molecular formula is C18H21N7S. The van der Waals surface area contributed by atoms with Crippen LogP contribution in [0.1, 0.15) is 24.1 Å². The molecule has 1 saturated heterocycles. The second kappa shape index (κ2) is 6.45. The molecule has 1 aliphatic heterocycles. The quantitative estimate of drug-likeness (QED) is 0.649. The van der Waals surface area contributed by atoms with E-state index in [1.165, 1.54) is 16.9 Å². The monoisotopic (exact) mass is 367 g/mol. The van der Waals surface area contributed by atoms with E-state index in [1.54, 1.807) is 6.07 Å². The van der Waals surface area contributed by atoms with E-state index < -0.39 is 0 Å². The van der Waals surface area contributed by atoms with Crippen molar-refractivity contribution in [3.05, 3.63) is 53.0 Å². The van der Waals surface area contributed by atoms with Gasteiger partial charge in [0.2, 0.25) is 5.95 Å². The maximum atomic E-state index is 5.93. The number of nitrogens with two attached hydrogens (primary N) is 3. The van der Waals surface area contributed by atoms with E-state index in [0.717, 1.165) is 37.4 Å². The third-order valence-corrected chi connectivity index (χ3v) is 5.70. The van der Waals surface area contributed by atoms with Crippen molar-refractivity contribution in [2.24, 2.45) is 0 Å². The summed E-state index contributed by atoms with van der Waals surface area (Å²) >= 11 is 1.49. The average Bonchev–Trinajstić information content (AvgIpc) is 3.09. The number of hydrogen-bond acceptors (Lipinski definition) is 8. The molecule has 2 aromatic heterocycles. The summed E-state index contributed by atoms with van der Waals surface area (Å²) in [5.41, 5.74) is 19.7. The zero-order chi connectivity index (χ0) is 18.1. The number of benzene rings is 1. The molecule has 134 valence electrons. The number of rotatable bonds is 3. The molecular weight excluding hydrogens is 346 g/mol. The van der Waals surface area contributed by atoms with Gasteiger partial charge in [-0.2, -0.15) is 9.97 Å². The standard InChI is InChI=1S/C18H21N7S/c19-14-10-15(24-16(20)23-14)25-8-6-18(7-9-25,12-4-2-1-3-5-12)13-11-26-17(21)22-13/h1-5,10-11H,6-9H2,(H2,21,22)(H4,19,20,23,24). The molecule has 8 heteroatoms. The molecule has 1 aromatic carbocycles. The largest absolute Gasteiger partial charge is 0.383 e. The van der Waals surface area contributed by atoms with Crippen LogP contribution in [0.15, 0.2) is 41.8 Å². The molecule has 26 heavy (non-hydrogen) atoms. The smallest absolute Gasteiger partial charge is 0.223 e. The first kappa shape index (κ1) is 16.6. The van der Waals surface area contributed by atoms with Crippen LogP contribution in [0.2, 0.25) is 0 Å². The molecule has 3 heterocycles. The minimum Gasteiger partial charge on any atom is -0.383 e. The number of aromatic nitrogens is 3. The van der Waals surface area contributed by atoms with E-state index in [9.17, 15) is 0 Å². The van der Waals surface area contributed by atoms with Crippen LogP contribution in [0.4, 0.5) is 22.7 Å². The van der Waals surface area contributed by atoms with Crippen molar-refractivity contribution in [1.82, 2.24) is 15.0 Å². The number of hydrogen-bond donors (Lipinski definition) is 3. The van der Waals surface area contributed by atoms with Crippen LogP contribution in [0.3, 0.4) is 0 Å². The van der Waals surface area contributed by atoms with Gasteiger partial charge in [0.1, 0.15) is 11.6 Å². The van der Waals surface area contributed by atoms with E-state index >= 15 is 0 Å². The van der Waals surface area contributed by atoms with Crippen LogP contribution in [0.25, 0.3) is 0 Å². The molecule has 0 bridgehead atoms. The normalized spacial score (nSPS) is 16.5. The first-order valence-corrected chi connectivity index (χ1v) is 9.37. The van der Waals surface area contributed by atoms with Crippen LogP contribution >= 0.6 is 11.3 Å². The lowest BCUT2D eigenvalue weighted by Gasteiger charge is -2.42. The molecule has 4 rings (SSSR count). The van der Waals surface area contributed by atoms with Crippen LogP contribution in [-0.4, -0.2) is 28.0 Å². The second-order valence-electron chi connectivity index (χ2n) is 6.52. The maximum Gasteiger partial charge on any atom is 0.223 e. The number of thiazole rings is 1. The van der Waals surface area contributed by atoms with Crippen LogP contribution < -0.4 is 22.1 Å². The molecule has 0 unspecified atom stereocenters. The van der Waals surface area contributed by atoms with Gasteiger partial charge in [-0.25, -0.2) is 4.98 Å². The Morgan fingerprint density at radius 1 is 0.962 bits per heavy atom. The summed E-state index contributed by atoms with van der Waals surface area (Å²) in [7, 11) is 0.